The van der Waals surface area contributed by atoms with Crippen LogP contribution in [0.25, 0.3) is 0 Å². The fourth-order valence-electron chi connectivity index (χ4n) is 0.231. The molecule has 0 aliphatic heterocycles. The van der Waals surface area contributed by atoms with Crippen LogP contribution >= 0.6 is 0 Å². The summed E-state index contributed by atoms with van der Waals surface area (Å²) in [6.45, 7) is 2.30. The van der Waals surface area contributed by atoms with Gasteiger partial charge in [-0.05, 0) is 0 Å². The van der Waals surface area contributed by atoms with E-state index in [0.29, 0.717) is 13.2 Å². The SMILES string of the molecule is CCC(=O)O.F.F.F.F.F.OCCOCCO. The van der Waals surface area contributed by atoms with Crippen LogP contribution in [0.15, 0.2) is 0 Å². The molecule has 0 saturated heterocycles. The molecule has 0 unspecified atom stereocenters. The first-order chi connectivity index (χ1) is 5.68. The molecule has 0 radical (unpaired) electrons. The Kier molecular flexibility index (Phi) is 120. The number of ether oxygens (including phenoxy) is 1. The molecule has 0 aliphatic carbocycles. The minimum absolute atomic E-state index is 0. The maximum absolute atomic E-state index is 9.37. The molecule has 0 aliphatic rings. The molecule has 3 N–H and O–H groups in total. The van der Waals surface area contributed by atoms with Crippen molar-refractivity contribution in [2.75, 3.05) is 26.4 Å². The minimum Gasteiger partial charge on any atom is -0.481 e. The number of carboxylic acids is 1. The van der Waals surface area contributed by atoms with E-state index in [0.717, 1.165) is 0 Å². The third-order valence-electron chi connectivity index (χ3n) is 0.774. The highest BCUT2D eigenvalue weighted by molar-refractivity contribution is 5.66. The summed E-state index contributed by atoms with van der Waals surface area (Å²) in [6.07, 6.45) is 0.222. The van der Waals surface area contributed by atoms with Crippen LogP contribution in [0.1, 0.15) is 13.3 Å². The third-order valence-corrected chi connectivity index (χ3v) is 0.774. The molecule has 0 bridgehead atoms. The maximum Gasteiger partial charge on any atom is 0.303 e. The van der Waals surface area contributed by atoms with Gasteiger partial charge < -0.3 is 20.1 Å². The van der Waals surface area contributed by atoms with Gasteiger partial charge in [-0.25, -0.2) is 0 Å². The van der Waals surface area contributed by atoms with Crippen LogP contribution in [0.5, 0.6) is 0 Å². The van der Waals surface area contributed by atoms with Crippen LogP contribution in [-0.4, -0.2) is 47.7 Å². The number of aliphatic hydroxyl groups excluding tert-OH is 2. The van der Waals surface area contributed by atoms with E-state index in [1.807, 2.05) is 0 Å². The molecule has 0 aromatic heterocycles. The maximum atomic E-state index is 9.37. The van der Waals surface area contributed by atoms with Gasteiger partial charge in [-0.1, -0.05) is 6.92 Å². The van der Waals surface area contributed by atoms with E-state index in [1.165, 1.54) is 0 Å². The van der Waals surface area contributed by atoms with Gasteiger partial charge >= 0.3 is 5.97 Å². The number of hydrogen-bond acceptors (Lipinski definition) is 4. The van der Waals surface area contributed by atoms with E-state index in [1.54, 1.807) is 6.92 Å². The molecule has 114 valence electrons. The Bertz CT molecular complexity index is 105. The van der Waals surface area contributed by atoms with E-state index in [4.69, 9.17) is 15.3 Å². The van der Waals surface area contributed by atoms with E-state index in [2.05, 4.69) is 4.74 Å². The Morgan fingerprint density at radius 3 is 1.29 bits per heavy atom. The average Bonchev–Trinajstić information content (AvgIpc) is 2.07. The van der Waals surface area contributed by atoms with Crippen LogP contribution in [0.2, 0.25) is 0 Å². The van der Waals surface area contributed by atoms with Crippen molar-refractivity contribution >= 4 is 5.97 Å². The number of halogens is 5. The summed E-state index contributed by atoms with van der Waals surface area (Å²) in [5.74, 6) is -0.745. The van der Waals surface area contributed by atoms with Crippen LogP contribution < -0.4 is 0 Å². The lowest BCUT2D eigenvalue weighted by atomic mass is 10.5. The Morgan fingerprint density at radius 2 is 1.18 bits per heavy atom. The first-order valence-electron chi connectivity index (χ1n) is 3.70. The highest BCUT2D eigenvalue weighted by atomic mass is 19.0. The highest BCUT2D eigenvalue weighted by Crippen LogP contribution is 1.68. The van der Waals surface area contributed by atoms with E-state index in [9.17, 15) is 4.79 Å². The van der Waals surface area contributed by atoms with Crippen molar-refractivity contribution in [1.82, 2.24) is 0 Å². The quantitative estimate of drug-likeness (QED) is 0.496. The largest absolute Gasteiger partial charge is 0.481 e. The zero-order valence-corrected chi connectivity index (χ0v) is 9.23. The van der Waals surface area contributed by atoms with Crippen molar-refractivity contribution in [3.63, 3.8) is 0 Å². The molecule has 0 amide bonds. The second-order valence-electron chi connectivity index (χ2n) is 1.81. The molecule has 0 aromatic rings. The van der Waals surface area contributed by atoms with Gasteiger partial charge in [0.05, 0.1) is 26.4 Å². The van der Waals surface area contributed by atoms with Gasteiger partial charge in [-0.2, -0.15) is 0 Å². The van der Waals surface area contributed by atoms with Crippen LogP contribution in [0, 0.1) is 0 Å². The van der Waals surface area contributed by atoms with Crippen molar-refractivity contribution in [2.24, 2.45) is 0 Å². The molecular formula is C7H21F5O5. The lowest BCUT2D eigenvalue weighted by Gasteiger charge is -1.94. The Labute approximate surface area is 95.2 Å². The van der Waals surface area contributed by atoms with E-state index in [-0.39, 0.29) is 43.2 Å². The number of carbonyl (C=O) groups is 1. The summed E-state index contributed by atoms with van der Waals surface area (Å²) >= 11 is 0. The van der Waals surface area contributed by atoms with E-state index < -0.39 is 5.97 Å². The van der Waals surface area contributed by atoms with Crippen molar-refractivity contribution in [2.45, 2.75) is 13.3 Å². The fraction of sp³-hybridized carbons (Fsp3) is 0.857. The number of rotatable bonds is 5. The number of hydrogen-bond donors (Lipinski definition) is 3. The first kappa shape index (κ1) is 44.4. The summed E-state index contributed by atoms with van der Waals surface area (Å²) in [5.41, 5.74) is 0. The predicted molar refractivity (Wildman–Crippen MR) is 55.4 cm³/mol. The lowest BCUT2D eigenvalue weighted by molar-refractivity contribution is -0.136. The topological polar surface area (TPSA) is 87.0 Å². The van der Waals surface area contributed by atoms with Crippen molar-refractivity contribution in [3.05, 3.63) is 0 Å². The number of carboxylic acid groups (broad SMARTS) is 1. The zero-order chi connectivity index (χ0) is 9.82. The summed E-state index contributed by atoms with van der Waals surface area (Å²) < 4.78 is 4.63. The average molecular weight is 280 g/mol. The summed E-state index contributed by atoms with van der Waals surface area (Å²) in [7, 11) is 0. The predicted octanol–water partition coefficient (Wildman–Crippen LogP) is 0.231. The van der Waals surface area contributed by atoms with Gasteiger partial charge in [-0.3, -0.25) is 28.3 Å². The first-order valence-corrected chi connectivity index (χ1v) is 3.70. The van der Waals surface area contributed by atoms with Gasteiger partial charge in [0.15, 0.2) is 0 Å². The fourth-order valence-corrected chi connectivity index (χ4v) is 0.231. The minimum atomic E-state index is -0.745. The second-order valence-corrected chi connectivity index (χ2v) is 1.81. The second kappa shape index (κ2) is 45.9. The van der Waals surface area contributed by atoms with Crippen molar-refractivity contribution < 1.29 is 48.4 Å². The number of aliphatic hydroxyl groups is 2. The Morgan fingerprint density at radius 1 is 0.941 bits per heavy atom. The van der Waals surface area contributed by atoms with Crippen molar-refractivity contribution in [3.8, 4) is 0 Å². The van der Waals surface area contributed by atoms with Crippen molar-refractivity contribution in [1.29, 1.82) is 0 Å². The zero-order valence-electron chi connectivity index (χ0n) is 9.23. The van der Waals surface area contributed by atoms with Gasteiger partial charge in [-0.15, -0.1) is 0 Å². The van der Waals surface area contributed by atoms with Crippen LogP contribution in [-0.2, 0) is 9.53 Å². The molecule has 10 heteroatoms. The number of aliphatic carboxylic acids is 1. The monoisotopic (exact) mass is 280 g/mol. The molecule has 0 saturated carbocycles. The molecule has 0 fully saturated rings. The third kappa shape index (κ3) is 101. The smallest absolute Gasteiger partial charge is 0.303 e. The molecule has 5 nitrogen and oxygen atoms in total. The van der Waals surface area contributed by atoms with Crippen LogP contribution in [0.3, 0.4) is 0 Å². The van der Waals surface area contributed by atoms with Crippen LogP contribution in [0.4, 0.5) is 23.5 Å². The van der Waals surface area contributed by atoms with E-state index >= 15 is 0 Å². The molecule has 0 atom stereocenters. The molecular weight excluding hydrogens is 259 g/mol. The highest BCUT2D eigenvalue weighted by Gasteiger charge is 1.81. The summed E-state index contributed by atoms with van der Waals surface area (Å²) in [5, 5.41) is 23.9. The standard InChI is InChI=1S/C4H10O3.C3H6O2.5FH/c5-1-3-7-4-2-6;1-2-3(4)5;;;;;/h5-6H,1-4H2;2H2,1H3,(H,4,5);5*1H. The molecule has 0 spiro atoms. The normalized spacial score (nSPS) is 6.06. The Balaban J connectivity index is -0.0000000187. The molecule has 17 heavy (non-hydrogen) atoms. The molecule has 0 aromatic carbocycles. The summed E-state index contributed by atoms with van der Waals surface area (Å²) in [6, 6.07) is 0. The van der Waals surface area contributed by atoms with Gasteiger partial charge in [0.1, 0.15) is 0 Å². The van der Waals surface area contributed by atoms with Gasteiger partial charge in [0.2, 0.25) is 0 Å². The van der Waals surface area contributed by atoms with Gasteiger partial charge in [0, 0.05) is 6.42 Å². The van der Waals surface area contributed by atoms with Gasteiger partial charge in [0.25, 0.3) is 0 Å². The summed E-state index contributed by atoms with van der Waals surface area (Å²) in [4.78, 5) is 9.37. The molecule has 0 rings (SSSR count). The Hall–Kier alpha value is -1.00. The molecule has 0 heterocycles. The lowest BCUT2D eigenvalue weighted by Crippen LogP contribution is -2.03.